The number of aromatic nitrogens is 4. The third-order valence-corrected chi connectivity index (χ3v) is 4.32. The Bertz CT molecular complexity index is 1070. The molecule has 0 saturated heterocycles. The number of rotatable bonds is 5. The molecule has 0 atom stereocenters. The summed E-state index contributed by atoms with van der Waals surface area (Å²) in [6.07, 6.45) is 3.74. The van der Waals surface area contributed by atoms with Gasteiger partial charge >= 0.3 is 0 Å². The first-order valence-corrected chi connectivity index (χ1v) is 8.53. The number of benzene rings is 2. The second-order valence-corrected chi connectivity index (χ2v) is 6.20. The van der Waals surface area contributed by atoms with Gasteiger partial charge in [0.1, 0.15) is 11.6 Å². The average Bonchev–Trinajstić information content (AvgIpc) is 3.07. The standard InChI is InChI=1S/C20H20N6O/c1-25-13-14-4-7-16(12-18(14)24-25)26(2)19-10-11-21-20(23-19)22-15-5-8-17(27-3)9-6-15/h4-13H,1-3H3,(H,21,22,23). The zero-order valence-electron chi connectivity index (χ0n) is 15.4. The van der Waals surface area contributed by atoms with Crippen molar-refractivity contribution in [3.63, 3.8) is 0 Å². The molecule has 0 amide bonds. The minimum Gasteiger partial charge on any atom is -0.497 e. The smallest absolute Gasteiger partial charge is 0.229 e. The first-order valence-electron chi connectivity index (χ1n) is 8.53. The normalized spacial score (nSPS) is 10.8. The highest BCUT2D eigenvalue weighted by atomic mass is 16.5. The summed E-state index contributed by atoms with van der Waals surface area (Å²) in [4.78, 5) is 10.9. The molecule has 0 spiro atoms. The summed E-state index contributed by atoms with van der Waals surface area (Å²) in [7, 11) is 5.54. The molecule has 4 rings (SSSR count). The van der Waals surface area contributed by atoms with E-state index in [9.17, 15) is 0 Å². The number of hydrogen-bond acceptors (Lipinski definition) is 6. The van der Waals surface area contributed by atoms with Gasteiger partial charge in [0.05, 0.1) is 12.6 Å². The van der Waals surface area contributed by atoms with E-state index in [1.807, 2.05) is 66.3 Å². The highest BCUT2D eigenvalue weighted by molar-refractivity contribution is 5.83. The van der Waals surface area contributed by atoms with E-state index in [0.717, 1.165) is 33.8 Å². The van der Waals surface area contributed by atoms with Crippen LogP contribution < -0.4 is 15.0 Å². The molecule has 0 aliphatic carbocycles. The number of nitrogens with zero attached hydrogens (tertiary/aromatic N) is 5. The van der Waals surface area contributed by atoms with Crippen LogP contribution in [-0.4, -0.2) is 33.9 Å². The van der Waals surface area contributed by atoms with Gasteiger partial charge in [0, 0.05) is 43.3 Å². The highest BCUT2D eigenvalue weighted by Crippen LogP contribution is 2.26. The third kappa shape index (κ3) is 3.52. The summed E-state index contributed by atoms with van der Waals surface area (Å²) in [5.41, 5.74) is 2.85. The van der Waals surface area contributed by atoms with Crippen LogP contribution in [0, 0.1) is 0 Å². The first kappa shape index (κ1) is 16.8. The molecule has 0 fully saturated rings. The fourth-order valence-electron chi connectivity index (χ4n) is 2.87. The molecular formula is C20H20N6O. The Morgan fingerprint density at radius 3 is 2.67 bits per heavy atom. The Labute approximate surface area is 157 Å². The van der Waals surface area contributed by atoms with Gasteiger partial charge in [-0.15, -0.1) is 0 Å². The van der Waals surface area contributed by atoms with Crippen LogP contribution in [0.15, 0.2) is 60.9 Å². The Hall–Kier alpha value is -3.61. The van der Waals surface area contributed by atoms with Crippen molar-refractivity contribution < 1.29 is 4.74 Å². The Balaban J connectivity index is 1.58. The average molecular weight is 360 g/mol. The van der Waals surface area contributed by atoms with Gasteiger partial charge in [0.2, 0.25) is 5.95 Å². The second kappa shape index (κ2) is 6.95. The summed E-state index contributed by atoms with van der Waals surface area (Å²) in [5.74, 6) is 2.12. The summed E-state index contributed by atoms with van der Waals surface area (Å²) in [5, 5.41) is 8.80. The van der Waals surface area contributed by atoms with Crippen LogP contribution in [0.25, 0.3) is 10.9 Å². The fourth-order valence-corrected chi connectivity index (χ4v) is 2.87. The highest BCUT2D eigenvalue weighted by Gasteiger charge is 2.09. The minimum absolute atomic E-state index is 0.531. The number of aryl methyl sites for hydroxylation is 1. The van der Waals surface area contributed by atoms with Crippen LogP contribution in [0.1, 0.15) is 0 Å². The molecule has 4 aromatic rings. The number of fused-ring (bicyclic) bond motifs is 1. The molecule has 0 unspecified atom stereocenters. The third-order valence-electron chi connectivity index (χ3n) is 4.32. The predicted octanol–water partition coefficient (Wildman–Crippen LogP) is 3.88. The van der Waals surface area contributed by atoms with E-state index in [1.165, 1.54) is 0 Å². The zero-order chi connectivity index (χ0) is 18.8. The van der Waals surface area contributed by atoms with Crippen LogP contribution >= 0.6 is 0 Å². The van der Waals surface area contributed by atoms with Gasteiger partial charge in [0.25, 0.3) is 0 Å². The molecule has 0 radical (unpaired) electrons. The largest absolute Gasteiger partial charge is 0.497 e. The van der Waals surface area contributed by atoms with Crippen LogP contribution in [0.2, 0.25) is 0 Å². The van der Waals surface area contributed by atoms with Crippen LogP contribution in [0.4, 0.5) is 23.1 Å². The molecule has 136 valence electrons. The van der Waals surface area contributed by atoms with E-state index in [2.05, 4.69) is 32.5 Å². The predicted molar refractivity (Wildman–Crippen MR) is 107 cm³/mol. The van der Waals surface area contributed by atoms with Crippen molar-refractivity contribution in [3.8, 4) is 5.75 Å². The minimum atomic E-state index is 0.531. The lowest BCUT2D eigenvalue weighted by atomic mass is 10.2. The van der Waals surface area contributed by atoms with Crippen molar-refractivity contribution in [3.05, 3.63) is 60.9 Å². The van der Waals surface area contributed by atoms with Gasteiger partial charge in [0.15, 0.2) is 0 Å². The fraction of sp³-hybridized carbons (Fsp3) is 0.150. The Morgan fingerprint density at radius 2 is 1.89 bits per heavy atom. The summed E-state index contributed by atoms with van der Waals surface area (Å²) in [6, 6.07) is 15.7. The van der Waals surface area contributed by atoms with Crippen molar-refractivity contribution in [1.82, 2.24) is 19.7 Å². The lowest BCUT2D eigenvalue weighted by Crippen LogP contribution is -2.12. The Kier molecular flexibility index (Phi) is 4.33. The van der Waals surface area contributed by atoms with Crippen LogP contribution in [0.5, 0.6) is 5.75 Å². The molecule has 0 saturated carbocycles. The monoisotopic (exact) mass is 360 g/mol. The molecule has 0 aliphatic heterocycles. The summed E-state index contributed by atoms with van der Waals surface area (Å²) < 4.78 is 6.99. The maximum Gasteiger partial charge on any atom is 0.229 e. The van der Waals surface area contributed by atoms with E-state index >= 15 is 0 Å². The molecular weight excluding hydrogens is 340 g/mol. The second-order valence-electron chi connectivity index (χ2n) is 6.20. The number of hydrogen-bond donors (Lipinski definition) is 1. The van der Waals surface area contributed by atoms with Crippen molar-refractivity contribution in [2.75, 3.05) is 24.4 Å². The first-order chi connectivity index (χ1) is 13.1. The molecule has 27 heavy (non-hydrogen) atoms. The SMILES string of the molecule is COc1ccc(Nc2nccc(N(C)c3ccc4cn(C)nc4c3)n2)cc1. The van der Waals surface area contributed by atoms with Gasteiger partial charge < -0.3 is 15.0 Å². The number of nitrogens with one attached hydrogen (secondary N) is 1. The topological polar surface area (TPSA) is 68.1 Å². The van der Waals surface area contributed by atoms with E-state index in [4.69, 9.17) is 4.74 Å². The molecule has 2 aromatic heterocycles. The number of anilines is 4. The van der Waals surface area contributed by atoms with Crippen molar-refractivity contribution in [2.45, 2.75) is 0 Å². The van der Waals surface area contributed by atoms with Gasteiger partial charge in [-0.3, -0.25) is 4.68 Å². The number of ether oxygens (including phenoxy) is 1. The van der Waals surface area contributed by atoms with E-state index in [-0.39, 0.29) is 0 Å². The van der Waals surface area contributed by atoms with Gasteiger partial charge in [-0.05, 0) is 48.5 Å². The van der Waals surface area contributed by atoms with Crippen molar-refractivity contribution in [2.24, 2.45) is 7.05 Å². The summed E-state index contributed by atoms with van der Waals surface area (Å²) in [6.45, 7) is 0. The van der Waals surface area contributed by atoms with E-state index < -0.39 is 0 Å². The lowest BCUT2D eigenvalue weighted by Gasteiger charge is -2.18. The zero-order valence-corrected chi connectivity index (χ0v) is 15.4. The lowest BCUT2D eigenvalue weighted by molar-refractivity contribution is 0.415. The molecule has 7 heteroatoms. The van der Waals surface area contributed by atoms with Gasteiger partial charge in [-0.1, -0.05) is 0 Å². The molecule has 0 aliphatic rings. The quantitative estimate of drug-likeness (QED) is 0.582. The van der Waals surface area contributed by atoms with Crippen molar-refractivity contribution in [1.29, 1.82) is 0 Å². The van der Waals surface area contributed by atoms with Gasteiger partial charge in [-0.25, -0.2) is 4.98 Å². The van der Waals surface area contributed by atoms with E-state index in [1.54, 1.807) is 13.3 Å². The maximum absolute atomic E-state index is 5.18. The number of methoxy groups -OCH3 is 1. The van der Waals surface area contributed by atoms with Gasteiger partial charge in [-0.2, -0.15) is 10.1 Å². The molecule has 1 N–H and O–H groups in total. The molecule has 0 bridgehead atoms. The maximum atomic E-state index is 5.18. The molecule has 2 aromatic carbocycles. The van der Waals surface area contributed by atoms with Crippen LogP contribution in [0.3, 0.4) is 0 Å². The Morgan fingerprint density at radius 1 is 1.07 bits per heavy atom. The van der Waals surface area contributed by atoms with Crippen LogP contribution in [-0.2, 0) is 7.05 Å². The van der Waals surface area contributed by atoms with Crippen molar-refractivity contribution >= 4 is 34.0 Å². The van der Waals surface area contributed by atoms with E-state index in [0.29, 0.717) is 5.95 Å². The molecule has 7 nitrogen and oxygen atoms in total. The summed E-state index contributed by atoms with van der Waals surface area (Å²) >= 11 is 0. The molecule has 2 heterocycles.